The van der Waals surface area contributed by atoms with Crippen LogP contribution in [0, 0.1) is 0 Å². The summed E-state index contributed by atoms with van der Waals surface area (Å²) in [5, 5.41) is 0. The molecule has 0 heterocycles. The van der Waals surface area contributed by atoms with Crippen molar-refractivity contribution in [1.82, 2.24) is 0 Å². The topological polar surface area (TPSA) is 71.1 Å². The van der Waals surface area contributed by atoms with Gasteiger partial charge >= 0.3 is 5.97 Å². The lowest BCUT2D eigenvalue weighted by molar-refractivity contribution is -0.149. The summed E-state index contributed by atoms with van der Waals surface area (Å²) in [5.74, 6) is -0.391. The lowest BCUT2D eigenvalue weighted by atomic mass is 10.2. The van der Waals surface area contributed by atoms with Crippen LogP contribution in [0.15, 0.2) is 0 Å². The summed E-state index contributed by atoms with van der Waals surface area (Å²) in [4.78, 5) is 22.2. The van der Waals surface area contributed by atoms with Gasteiger partial charge in [-0.15, -0.1) is 0 Å². The molecule has 0 aliphatic carbocycles. The van der Waals surface area contributed by atoms with Gasteiger partial charge in [-0.3, -0.25) is 4.79 Å². The van der Waals surface area contributed by atoms with E-state index < -0.39 is 0 Å². The first-order valence-electron chi connectivity index (χ1n) is 8.85. The van der Waals surface area contributed by atoms with Crippen LogP contribution in [0.1, 0.15) is 60.3 Å². The van der Waals surface area contributed by atoms with E-state index in [1.165, 1.54) is 6.92 Å². The van der Waals surface area contributed by atoms with E-state index in [0.717, 1.165) is 19.4 Å². The summed E-state index contributed by atoms with van der Waals surface area (Å²) in [6, 6.07) is 0. The Labute approximate surface area is 146 Å². The van der Waals surface area contributed by atoms with Gasteiger partial charge in [-0.2, -0.15) is 0 Å². The van der Waals surface area contributed by atoms with Crippen LogP contribution in [0.4, 0.5) is 0 Å². The van der Waals surface area contributed by atoms with Gasteiger partial charge in [0.25, 0.3) is 0 Å². The Morgan fingerprint density at radius 3 is 1.92 bits per heavy atom. The molecule has 0 amide bonds. The zero-order valence-electron chi connectivity index (χ0n) is 15.8. The number of ether oxygens (including phenoxy) is 4. The number of Topliss-reactive ketones (excluding diaryl/α,β-unsaturated/α-hetero) is 1. The molecule has 0 aliphatic heterocycles. The van der Waals surface area contributed by atoms with E-state index in [-0.39, 0.29) is 49.5 Å². The molecule has 0 aromatic carbocycles. The standard InChI is InChI=1S/C18H34O6/c1-6-7-10-21-15(3)11-22-16(4)12-23-17(5)13-24-18(20)9-8-14(2)19/h15-17H,6-13H2,1-5H3. The predicted octanol–water partition coefficient (Wildman–Crippen LogP) is 2.91. The lowest BCUT2D eigenvalue weighted by Crippen LogP contribution is -2.27. The highest BCUT2D eigenvalue weighted by molar-refractivity contribution is 5.80. The maximum atomic E-state index is 11.4. The molecule has 0 fully saturated rings. The Hall–Kier alpha value is -0.980. The fourth-order valence-corrected chi connectivity index (χ4v) is 1.73. The second-order valence-electron chi connectivity index (χ2n) is 6.21. The summed E-state index contributed by atoms with van der Waals surface area (Å²) in [6.07, 6.45) is 2.32. The predicted molar refractivity (Wildman–Crippen MR) is 92.0 cm³/mol. The van der Waals surface area contributed by atoms with Gasteiger partial charge in [0.2, 0.25) is 0 Å². The number of unbranched alkanes of at least 4 members (excludes halogenated alkanes) is 1. The highest BCUT2D eigenvalue weighted by atomic mass is 16.6. The van der Waals surface area contributed by atoms with Crippen LogP contribution in [0.5, 0.6) is 0 Å². The van der Waals surface area contributed by atoms with Gasteiger partial charge in [-0.1, -0.05) is 13.3 Å². The van der Waals surface area contributed by atoms with Crippen LogP contribution in [0.3, 0.4) is 0 Å². The molecule has 6 heteroatoms. The van der Waals surface area contributed by atoms with E-state index in [2.05, 4.69) is 6.92 Å². The zero-order valence-corrected chi connectivity index (χ0v) is 15.8. The van der Waals surface area contributed by atoms with Crippen molar-refractivity contribution in [3.63, 3.8) is 0 Å². The average Bonchev–Trinajstić information content (AvgIpc) is 2.54. The fraction of sp³-hybridized carbons (Fsp3) is 0.889. The van der Waals surface area contributed by atoms with Crippen LogP contribution in [0.25, 0.3) is 0 Å². The second-order valence-corrected chi connectivity index (χ2v) is 6.21. The largest absolute Gasteiger partial charge is 0.463 e. The molecular weight excluding hydrogens is 312 g/mol. The van der Waals surface area contributed by atoms with Crippen molar-refractivity contribution in [3.05, 3.63) is 0 Å². The molecular formula is C18H34O6. The van der Waals surface area contributed by atoms with Crippen molar-refractivity contribution in [3.8, 4) is 0 Å². The normalized spacial score (nSPS) is 14.9. The van der Waals surface area contributed by atoms with Crippen LogP contribution in [-0.4, -0.2) is 56.5 Å². The van der Waals surface area contributed by atoms with Gasteiger partial charge in [0, 0.05) is 13.0 Å². The van der Waals surface area contributed by atoms with Crippen LogP contribution in [0.2, 0.25) is 0 Å². The van der Waals surface area contributed by atoms with E-state index in [1.54, 1.807) is 0 Å². The average molecular weight is 346 g/mol. The van der Waals surface area contributed by atoms with Crippen molar-refractivity contribution in [2.45, 2.75) is 78.6 Å². The fourth-order valence-electron chi connectivity index (χ4n) is 1.73. The van der Waals surface area contributed by atoms with Gasteiger partial charge < -0.3 is 23.7 Å². The first-order chi connectivity index (χ1) is 11.3. The third kappa shape index (κ3) is 14.6. The Balaban J connectivity index is 3.68. The van der Waals surface area contributed by atoms with E-state index in [9.17, 15) is 9.59 Å². The van der Waals surface area contributed by atoms with Gasteiger partial charge in [-0.25, -0.2) is 0 Å². The van der Waals surface area contributed by atoms with Crippen LogP contribution >= 0.6 is 0 Å². The smallest absolute Gasteiger partial charge is 0.306 e. The third-order valence-electron chi connectivity index (χ3n) is 3.29. The molecule has 0 aromatic heterocycles. The number of carbonyl (C=O) groups is 2. The number of rotatable bonds is 15. The first kappa shape index (κ1) is 23.0. The highest BCUT2D eigenvalue weighted by Gasteiger charge is 2.12. The van der Waals surface area contributed by atoms with Crippen molar-refractivity contribution in [1.29, 1.82) is 0 Å². The minimum Gasteiger partial charge on any atom is -0.463 e. The van der Waals surface area contributed by atoms with Crippen LogP contribution < -0.4 is 0 Å². The molecule has 0 saturated heterocycles. The Kier molecular flexibility index (Phi) is 13.8. The highest BCUT2D eigenvalue weighted by Crippen LogP contribution is 2.02. The number of hydrogen-bond acceptors (Lipinski definition) is 6. The molecule has 0 aromatic rings. The Morgan fingerprint density at radius 1 is 0.833 bits per heavy atom. The third-order valence-corrected chi connectivity index (χ3v) is 3.29. The minimum atomic E-state index is -0.372. The van der Waals surface area contributed by atoms with Crippen molar-refractivity contribution in [2.75, 3.05) is 26.4 Å². The quantitative estimate of drug-likeness (QED) is 0.335. The summed E-state index contributed by atoms with van der Waals surface area (Å²) < 4.78 is 22.0. The van der Waals surface area contributed by atoms with Crippen molar-refractivity contribution in [2.24, 2.45) is 0 Å². The maximum Gasteiger partial charge on any atom is 0.306 e. The summed E-state index contributed by atoms with van der Waals surface area (Å²) in [6.45, 7) is 11.2. The zero-order chi connectivity index (χ0) is 18.4. The lowest BCUT2D eigenvalue weighted by Gasteiger charge is -2.20. The molecule has 0 aliphatic rings. The molecule has 0 radical (unpaired) electrons. The van der Waals surface area contributed by atoms with Crippen LogP contribution in [-0.2, 0) is 28.5 Å². The molecule has 0 rings (SSSR count). The maximum absolute atomic E-state index is 11.4. The number of carbonyl (C=O) groups excluding carboxylic acids is 2. The van der Waals surface area contributed by atoms with Gasteiger partial charge in [0.15, 0.2) is 0 Å². The SMILES string of the molecule is CCCCOC(C)COC(C)COC(C)COC(=O)CCC(C)=O. The van der Waals surface area contributed by atoms with E-state index in [1.807, 2.05) is 20.8 Å². The number of esters is 1. The molecule has 0 bridgehead atoms. The van der Waals surface area contributed by atoms with E-state index in [4.69, 9.17) is 18.9 Å². The summed E-state index contributed by atoms with van der Waals surface area (Å²) in [5.41, 5.74) is 0. The molecule has 142 valence electrons. The van der Waals surface area contributed by atoms with E-state index >= 15 is 0 Å². The molecule has 24 heavy (non-hydrogen) atoms. The molecule has 0 N–H and O–H groups in total. The Morgan fingerprint density at radius 2 is 1.38 bits per heavy atom. The first-order valence-corrected chi connectivity index (χ1v) is 8.85. The summed E-state index contributed by atoms with van der Waals surface area (Å²) >= 11 is 0. The van der Waals surface area contributed by atoms with E-state index in [0.29, 0.717) is 13.2 Å². The minimum absolute atomic E-state index is 0.0184. The number of ketones is 1. The second kappa shape index (κ2) is 14.4. The molecule has 3 unspecified atom stereocenters. The van der Waals surface area contributed by atoms with Gasteiger partial charge in [0.1, 0.15) is 12.4 Å². The monoisotopic (exact) mass is 346 g/mol. The number of hydrogen-bond donors (Lipinski definition) is 0. The molecule has 0 spiro atoms. The molecule has 6 nitrogen and oxygen atoms in total. The molecule has 3 atom stereocenters. The Bertz CT molecular complexity index is 344. The summed E-state index contributed by atoms with van der Waals surface area (Å²) in [7, 11) is 0. The molecule has 0 saturated carbocycles. The van der Waals surface area contributed by atoms with Crippen molar-refractivity contribution < 1.29 is 28.5 Å². The van der Waals surface area contributed by atoms with Gasteiger partial charge in [0.05, 0.1) is 37.9 Å². The van der Waals surface area contributed by atoms with Crippen molar-refractivity contribution >= 4 is 11.8 Å². The van der Waals surface area contributed by atoms with Gasteiger partial charge in [-0.05, 0) is 34.1 Å².